The second-order valence-corrected chi connectivity index (χ2v) is 6.94. The topological polar surface area (TPSA) is 112 Å². The van der Waals surface area contributed by atoms with Gasteiger partial charge in [0.05, 0.1) is 0 Å². The number of aromatic amines is 2. The highest BCUT2D eigenvalue weighted by atomic mass is 16.3. The van der Waals surface area contributed by atoms with Crippen molar-refractivity contribution in [3.8, 4) is 5.75 Å². The molecular weight excluding hydrogens is 334 g/mol. The minimum absolute atomic E-state index is 0.0724. The van der Waals surface area contributed by atoms with Crippen LogP contribution in [0, 0.1) is 0 Å². The summed E-state index contributed by atoms with van der Waals surface area (Å²) in [5.41, 5.74) is -0.130. The average molecular weight is 353 g/mol. The van der Waals surface area contributed by atoms with E-state index in [1.165, 1.54) is 30.7 Å². The van der Waals surface area contributed by atoms with Gasteiger partial charge in [-0.05, 0) is 29.8 Å². The molecule has 0 radical (unpaired) electrons. The lowest BCUT2D eigenvalue weighted by Gasteiger charge is -2.14. The number of phenolic OH excluding ortho intramolecular Hbond substituents is 1. The van der Waals surface area contributed by atoms with E-state index in [4.69, 9.17) is 4.42 Å². The standard InChI is InChI=1S/C19H19N3O4/c1-19(2,3)16-13(20-10-26-16)9-15-18(25)21-14(17(24)22-15)8-11-5-4-6-12(23)7-11/h4-10,23H,1-3H3,(H,21,25)(H,22,24)/b14-8-,15-9-. The fourth-order valence-corrected chi connectivity index (χ4v) is 2.53. The van der Waals surface area contributed by atoms with Crippen molar-refractivity contribution in [2.24, 2.45) is 0 Å². The normalized spacial score (nSPS) is 13.3. The molecule has 7 heteroatoms. The van der Waals surface area contributed by atoms with Crippen molar-refractivity contribution < 1.29 is 9.52 Å². The number of H-pyrrole nitrogens is 2. The summed E-state index contributed by atoms with van der Waals surface area (Å²) >= 11 is 0. The first-order chi connectivity index (χ1) is 12.2. The van der Waals surface area contributed by atoms with Gasteiger partial charge in [0, 0.05) is 5.41 Å². The molecule has 2 aromatic heterocycles. The third-order valence-corrected chi connectivity index (χ3v) is 3.72. The number of benzene rings is 1. The maximum Gasteiger partial charge on any atom is 0.272 e. The molecule has 0 saturated heterocycles. The van der Waals surface area contributed by atoms with Gasteiger partial charge in [0.1, 0.15) is 27.9 Å². The Balaban J connectivity index is 2.14. The minimum atomic E-state index is -0.459. The molecule has 3 aromatic rings. The maximum absolute atomic E-state index is 12.4. The van der Waals surface area contributed by atoms with Crippen LogP contribution in [0.25, 0.3) is 12.2 Å². The number of hydrogen-bond donors (Lipinski definition) is 3. The van der Waals surface area contributed by atoms with Crippen LogP contribution in [0.3, 0.4) is 0 Å². The molecule has 2 heterocycles. The molecule has 26 heavy (non-hydrogen) atoms. The van der Waals surface area contributed by atoms with E-state index in [0.717, 1.165) is 0 Å². The van der Waals surface area contributed by atoms with Gasteiger partial charge < -0.3 is 19.5 Å². The van der Waals surface area contributed by atoms with E-state index in [2.05, 4.69) is 15.0 Å². The van der Waals surface area contributed by atoms with Crippen LogP contribution in [0.15, 0.2) is 44.7 Å². The summed E-state index contributed by atoms with van der Waals surface area (Å²) in [6.07, 6.45) is 4.28. The molecule has 0 aliphatic rings. The second kappa shape index (κ2) is 6.51. The van der Waals surface area contributed by atoms with Crippen LogP contribution in [-0.2, 0) is 5.41 Å². The molecule has 134 valence electrons. The van der Waals surface area contributed by atoms with Crippen molar-refractivity contribution in [3.05, 3.63) is 79.1 Å². The van der Waals surface area contributed by atoms with Crippen LogP contribution in [0.5, 0.6) is 5.75 Å². The van der Waals surface area contributed by atoms with Gasteiger partial charge in [-0.15, -0.1) is 0 Å². The van der Waals surface area contributed by atoms with Crippen LogP contribution < -0.4 is 21.8 Å². The van der Waals surface area contributed by atoms with Crippen molar-refractivity contribution in [2.45, 2.75) is 26.2 Å². The van der Waals surface area contributed by atoms with Crippen molar-refractivity contribution in [1.82, 2.24) is 15.0 Å². The SMILES string of the molecule is CC(C)(C)c1ocnc1/C=c1\[nH]c(=O)/c(=C/c2cccc(O)c2)[nH]c1=O. The molecular formula is C19H19N3O4. The van der Waals surface area contributed by atoms with Gasteiger partial charge in [0.15, 0.2) is 6.39 Å². The van der Waals surface area contributed by atoms with E-state index in [-0.39, 0.29) is 21.9 Å². The lowest BCUT2D eigenvalue weighted by atomic mass is 9.92. The Labute approximate surface area is 148 Å². The molecule has 0 saturated carbocycles. The quantitative estimate of drug-likeness (QED) is 0.628. The van der Waals surface area contributed by atoms with Crippen LogP contribution in [0.4, 0.5) is 0 Å². The summed E-state index contributed by atoms with van der Waals surface area (Å²) in [4.78, 5) is 33.9. The number of aromatic nitrogens is 3. The molecule has 0 aliphatic carbocycles. The van der Waals surface area contributed by atoms with E-state index < -0.39 is 11.1 Å². The molecule has 0 spiro atoms. The molecule has 0 bridgehead atoms. The predicted octanol–water partition coefficient (Wildman–Crippen LogP) is 0.712. The fourth-order valence-electron chi connectivity index (χ4n) is 2.53. The number of oxazole rings is 1. The minimum Gasteiger partial charge on any atom is -0.508 e. The molecule has 0 fully saturated rings. The Hall–Kier alpha value is -3.35. The smallest absolute Gasteiger partial charge is 0.272 e. The predicted molar refractivity (Wildman–Crippen MR) is 97.4 cm³/mol. The first-order valence-corrected chi connectivity index (χ1v) is 8.03. The van der Waals surface area contributed by atoms with Gasteiger partial charge in [-0.25, -0.2) is 4.98 Å². The molecule has 0 aliphatic heterocycles. The van der Waals surface area contributed by atoms with E-state index in [0.29, 0.717) is 17.0 Å². The monoisotopic (exact) mass is 353 g/mol. The number of aromatic hydroxyl groups is 1. The average Bonchev–Trinajstić information content (AvgIpc) is 3.01. The molecule has 1 aromatic carbocycles. The highest BCUT2D eigenvalue weighted by Crippen LogP contribution is 2.25. The summed E-state index contributed by atoms with van der Waals surface area (Å²) in [6.45, 7) is 5.89. The Morgan fingerprint density at radius 2 is 1.73 bits per heavy atom. The van der Waals surface area contributed by atoms with Gasteiger partial charge >= 0.3 is 0 Å². The maximum atomic E-state index is 12.4. The van der Waals surface area contributed by atoms with Crippen molar-refractivity contribution in [3.63, 3.8) is 0 Å². The van der Waals surface area contributed by atoms with E-state index in [9.17, 15) is 14.7 Å². The van der Waals surface area contributed by atoms with E-state index in [1.807, 2.05) is 20.8 Å². The first kappa shape index (κ1) is 17.5. The molecule has 3 rings (SSSR count). The summed E-state index contributed by atoms with van der Waals surface area (Å²) in [6, 6.07) is 6.37. The van der Waals surface area contributed by atoms with Crippen LogP contribution >= 0.6 is 0 Å². The van der Waals surface area contributed by atoms with Crippen LogP contribution in [0.2, 0.25) is 0 Å². The van der Waals surface area contributed by atoms with Crippen LogP contribution in [0.1, 0.15) is 37.8 Å². The first-order valence-electron chi connectivity index (χ1n) is 8.03. The molecule has 3 N–H and O–H groups in total. The summed E-state index contributed by atoms with van der Waals surface area (Å²) in [5.74, 6) is 0.691. The van der Waals surface area contributed by atoms with E-state index >= 15 is 0 Å². The Bertz CT molecular complexity index is 1180. The van der Waals surface area contributed by atoms with Gasteiger partial charge in [-0.1, -0.05) is 32.9 Å². The molecule has 0 amide bonds. The van der Waals surface area contributed by atoms with Crippen molar-refractivity contribution in [1.29, 1.82) is 0 Å². The number of nitrogens with zero attached hydrogens (tertiary/aromatic N) is 1. The van der Waals surface area contributed by atoms with E-state index in [1.54, 1.807) is 12.1 Å². The summed E-state index contributed by atoms with van der Waals surface area (Å²) < 4.78 is 5.41. The van der Waals surface area contributed by atoms with Crippen molar-refractivity contribution >= 4 is 12.2 Å². The van der Waals surface area contributed by atoms with Gasteiger partial charge in [-0.3, -0.25) is 9.59 Å². The largest absolute Gasteiger partial charge is 0.508 e. The number of rotatable bonds is 2. The molecule has 0 atom stereocenters. The highest BCUT2D eigenvalue weighted by Gasteiger charge is 2.21. The number of nitrogens with one attached hydrogen (secondary N) is 2. The second-order valence-electron chi connectivity index (χ2n) is 6.94. The fraction of sp³-hybridized carbons (Fsp3) is 0.211. The molecule has 0 unspecified atom stereocenters. The Morgan fingerprint density at radius 1 is 1.08 bits per heavy atom. The zero-order chi connectivity index (χ0) is 18.9. The summed E-state index contributed by atoms with van der Waals surface area (Å²) in [7, 11) is 0. The lowest BCUT2D eigenvalue weighted by Crippen LogP contribution is -2.46. The van der Waals surface area contributed by atoms with Crippen LogP contribution in [-0.4, -0.2) is 20.1 Å². The zero-order valence-electron chi connectivity index (χ0n) is 14.7. The van der Waals surface area contributed by atoms with Gasteiger partial charge in [-0.2, -0.15) is 0 Å². The lowest BCUT2D eigenvalue weighted by molar-refractivity contribution is 0.407. The van der Waals surface area contributed by atoms with Crippen molar-refractivity contribution in [2.75, 3.05) is 0 Å². The zero-order valence-corrected chi connectivity index (χ0v) is 14.7. The Kier molecular flexibility index (Phi) is 4.38. The number of phenols is 1. The van der Waals surface area contributed by atoms with Gasteiger partial charge in [0.25, 0.3) is 11.1 Å². The summed E-state index contributed by atoms with van der Waals surface area (Å²) in [5, 5.41) is 9.67. The third-order valence-electron chi connectivity index (χ3n) is 3.72. The third kappa shape index (κ3) is 3.66. The number of hydrogen-bond acceptors (Lipinski definition) is 5. The highest BCUT2D eigenvalue weighted by molar-refractivity contribution is 5.50. The Morgan fingerprint density at radius 3 is 2.35 bits per heavy atom. The van der Waals surface area contributed by atoms with Gasteiger partial charge in [0.2, 0.25) is 0 Å². The molecule has 7 nitrogen and oxygen atoms in total.